The number of benzene rings is 3. The molecule has 4 heteroatoms. The topological polar surface area (TPSA) is 9.23 Å². The molecule has 0 aliphatic carbocycles. The first-order valence-electron chi connectivity index (χ1n) is 11.0. The van der Waals surface area contributed by atoms with E-state index in [-0.39, 0.29) is 18.0 Å². The minimum absolute atomic E-state index is 0.0741. The Balaban J connectivity index is 1.65. The lowest BCUT2D eigenvalue weighted by atomic mass is 10.0. The maximum absolute atomic E-state index is 14.6. The average Bonchev–Trinajstić information content (AvgIpc) is 2.77. The zero-order chi connectivity index (χ0) is 22.2. The smallest absolute Gasteiger partial charge is 0.165 e. The van der Waals surface area contributed by atoms with Gasteiger partial charge in [-0.1, -0.05) is 69.5 Å². The molecule has 0 radical (unpaired) electrons. The van der Waals surface area contributed by atoms with Gasteiger partial charge < -0.3 is 4.74 Å². The molecule has 0 aliphatic rings. The third kappa shape index (κ3) is 5.90. The first kappa shape index (κ1) is 22.9. The largest absolute Gasteiger partial charge is 0.489 e. The Morgan fingerprint density at radius 1 is 0.710 bits per heavy atom. The van der Waals surface area contributed by atoms with E-state index in [1.165, 1.54) is 0 Å². The summed E-state index contributed by atoms with van der Waals surface area (Å²) in [6, 6.07) is 15.5. The van der Waals surface area contributed by atoms with Crippen LogP contribution in [0.25, 0.3) is 11.1 Å². The molecule has 0 amide bonds. The highest BCUT2D eigenvalue weighted by molar-refractivity contribution is 5.65. The van der Waals surface area contributed by atoms with Crippen LogP contribution >= 0.6 is 0 Å². The van der Waals surface area contributed by atoms with Gasteiger partial charge in [0.2, 0.25) is 0 Å². The molecular formula is C27H29F3O. The predicted octanol–water partition coefficient (Wildman–Crippen LogP) is 8.04. The van der Waals surface area contributed by atoms with Crippen LogP contribution in [0.5, 0.6) is 5.75 Å². The first-order chi connectivity index (χ1) is 15.0. The van der Waals surface area contributed by atoms with Crippen LogP contribution in [0.1, 0.15) is 56.2 Å². The van der Waals surface area contributed by atoms with Crippen LogP contribution in [0.4, 0.5) is 13.2 Å². The number of ether oxygens (including phenoxy) is 1. The molecule has 3 aromatic carbocycles. The van der Waals surface area contributed by atoms with Crippen LogP contribution in [0, 0.1) is 17.5 Å². The van der Waals surface area contributed by atoms with Crippen molar-refractivity contribution in [3.63, 3.8) is 0 Å². The summed E-state index contributed by atoms with van der Waals surface area (Å²) in [6.45, 7) is 4.00. The first-order valence-corrected chi connectivity index (χ1v) is 11.0. The Labute approximate surface area is 182 Å². The highest BCUT2D eigenvalue weighted by atomic mass is 19.2. The Morgan fingerprint density at radius 2 is 1.42 bits per heavy atom. The summed E-state index contributed by atoms with van der Waals surface area (Å²) in [5, 5.41) is 0. The van der Waals surface area contributed by atoms with Gasteiger partial charge in [0.05, 0.1) is 0 Å². The lowest BCUT2D eigenvalue weighted by Gasteiger charge is -2.11. The molecule has 0 unspecified atom stereocenters. The van der Waals surface area contributed by atoms with Gasteiger partial charge in [0.1, 0.15) is 18.2 Å². The fourth-order valence-electron chi connectivity index (χ4n) is 3.62. The van der Waals surface area contributed by atoms with Crippen LogP contribution in [0.15, 0.2) is 54.6 Å². The van der Waals surface area contributed by atoms with Gasteiger partial charge in [-0.25, -0.2) is 13.2 Å². The van der Waals surface area contributed by atoms with Crippen molar-refractivity contribution in [3.05, 3.63) is 88.7 Å². The van der Waals surface area contributed by atoms with Crippen LogP contribution in [-0.4, -0.2) is 0 Å². The van der Waals surface area contributed by atoms with Crippen molar-refractivity contribution < 1.29 is 17.9 Å². The maximum Gasteiger partial charge on any atom is 0.165 e. The number of unbranched alkanes of at least 4 members (excludes halogenated alkanes) is 2. The van der Waals surface area contributed by atoms with Crippen LogP contribution in [0.2, 0.25) is 0 Å². The fraction of sp³-hybridized carbons (Fsp3) is 0.333. The minimum atomic E-state index is -0.858. The molecule has 0 N–H and O–H groups in total. The summed E-state index contributed by atoms with van der Waals surface area (Å²) < 4.78 is 48.6. The van der Waals surface area contributed by atoms with E-state index in [0.29, 0.717) is 23.3 Å². The summed E-state index contributed by atoms with van der Waals surface area (Å²) >= 11 is 0. The van der Waals surface area contributed by atoms with Crippen molar-refractivity contribution >= 4 is 0 Å². The van der Waals surface area contributed by atoms with Crippen LogP contribution < -0.4 is 4.74 Å². The third-order valence-electron chi connectivity index (χ3n) is 5.42. The second-order valence-corrected chi connectivity index (χ2v) is 7.85. The molecule has 0 saturated heterocycles. The minimum Gasteiger partial charge on any atom is -0.489 e. The molecule has 0 heterocycles. The Hall–Kier alpha value is -2.75. The maximum atomic E-state index is 14.6. The molecule has 0 fully saturated rings. The van der Waals surface area contributed by atoms with Crippen molar-refractivity contribution in [3.8, 4) is 16.9 Å². The van der Waals surface area contributed by atoms with Gasteiger partial charge >= 0.3 is 0 Å². The highest BCUT2D eigenvalue weighted by Crippen LogP contribution is 2.27. The van der Waals surface area contributed by atoms with Gasteiger partial charge in [0, 0.05) is 11.1 Å². The molecule has 0 aliphatic heterocycles. The molecule has 31 heavy (non-hydrogen) atoms. The summed E-state index contributed by atoms with van der Waals surface area (Å²) in [4.78, 5) is 0. The number of rotatable bonds is 10. The molecular weight excluding hydrogens is 397 g/mol. The second kappa shape index (κ2) is 11.0. The Kier molecular flexibility index (Phi) is 8.16. The number of hydrogen-bond donors (Lipinski definition) is 0. The average molecular weight is 427 g/mol. The van der Waals surface area contributed by atoms with E-state index in [9.17, 15) is 13.2 Å². The monoisotopic (exact) mass is 426 g/mol. The van der Waals surface area contributed by atoms with Crippen molar-refractivity contribution in [2.45, 2.75) is 59.0 Å². The van der Waals surface area contributed by atoms with E-state index in [1.807, 2.05) is 19.1 Å². The van der Waals surface area contributed by atoms with Crippen molar-refractivity contribution in [1.29, 1.82) is 0 Å². The third-order valence-corrected chi connectivity index (χ3v) is 5.42. The normalized spacial score (nSPS) is 11.0. The van der Waals surface area contributed by atoms with Gasteiger partial charge in [0.25, 0.3) is 0 Å². The molecule has 164 valence electrons. The van der Waals surface area contributed by atoms with E-state index in [1.54, 1.807) is 42.5 Å². The molecule has 0 saturated carbocycles. The second-order valence-electron chi connectivity index (χ2n) is 7.85. The van der Waals surface area contributed by atoms with Gasteiger partial charge in [-0.05, 0) is 54.2 Å². The SMILES string of the molecule is CCCCCc1ccc(-c2ccc(OCc3ccc(CCC)c(F)c3F)cc2)c(F)c1. The summed E-state index contributed by atoms with van der Waals surface area (Å²) in [6.07, 6.45) is 5.48. The van der Waals surface area contributed by atoms with E-state index in [0.717, 1.165) is 43.2 Å². The molecule has 0 bridgehead atoms. The van der Waals surface area contributed by atoms with E-state index < -0.39 is 11.6 Å². The zero-order valence-electron chi connectivity index (χ0n) is 18.2. The molecule has 0 aromatic heterocycles. The Morgan fingerprint density at radius 3 is 2.10 bits per heavy atom. The highest BCUT2D eigenvalue weighted by Gasteiger charge is 2.13. The fourth-order valence-corrected chi connectivity index (χ4v) is 3.62. The lowest BCUT2D eigenvalue weighted by molar-refractivity contribution is 0.297. The van der Waals surface area contributed by atoms with E-state index in [4.69, 9.17) is 4.74 Å². The summed E-state index contributed by atoms with van der Waals surface area (Å²) in [5.74, 6) is -1.39. The van der Waals surface area contributed by atoms with E-state index in [2.05, 4.69) is 6.92 Å². The molecule has 3 aromatic rings. The van der Waals surface area contributed by atoms with Crippen molar-refractivity contribution in [2.24, 2.45) is 0 Å². The van der Waals surface area contributed by atoms with Gasteiger partial charge in [-0.2, -0.15) is 0 Å². The van der Waals surface area contributed by atoms with Gasteiger partial charge in [0.15, 0.2) is 11.6 Å². The van der Waals surface area contributed by atoms with Crippen LogP contribution in [0.3, 0.4) is 0 Å². The molecule has 0 spiro atoms. The quantitative estimate of drug-likeness (QED) is 0.298. The van der Waals surface area contributed by atoms with Crippen molar-refractivity contribution in [2.75, 3.05) is 0 Å². The van der Waals surface area contributed by atoms with Crippen molar-refractivity contribution in [1.82, 2.24) is 0 Å². The Bertz CT molecular complexity index is 996. The number of aryl methyl sites for hydroxylation is 2. The van der Waals surface area contributed by atoms with E-state index >= 15 is 0 Å². The van der Waals surface area contributed by atoms with Gasteiger partial charge in [-0.15, -0.1) is 0 Å². The van der Waals surface area contributed by atoms with Crippen LogP contribution in [-0.2, 0) is 19.4 Å². The molecule has 3 rings (SSSR count). The summed E-state index contributed by atoms with van der Waals surface area (Å²) in [7, 11) is 0. The zero-order valence-corrected chi connectivity index (χ0v) is 18.2. The van der Waals surface area contributed by atoms with Gasteiger partial charge in [-0.3, -0.25) is 0 Å². The lowest BCUT2D eigenvalue weighted by Crippen LogP contribution is -2.03. The standard InChI is InChI=1S/C27H29F3O/c1-3-5-6-8-19-9-16-24(25(28)17-19)20-12-14-23(15-13-20)31-18-22-11-10-21(7-4-2)26(29)27(22)30/h9-17H,3-8,18H2,1-2H3. The molecule has 0 atom stereocenters. The number of halogens is 3. The number of hydrogen-bond acceptors (Lipinski definition) is 1. The molecule has 1 nitrogen and oxygen atoms in total. The summed E-state index contributed by atoms with van der Waals surface area (Å²) in [5.41, 5.74) is 2.84. The predicted molar refractivity (Wildman–Crippen MR) is 120 cm³/mol.